The first-order chi connectivity index (χ1) is 9.31. The molecule has 0 saturated carbocycles. The first-order valence-electron chi connectivity index (χ1n) is 6.49. The third kappa shape index (κ3) is 2.11. The molecule has 2 aromatic rings. The molecule has 1 unspecified atom stereocenters. The average molecular weight is 259 g/mol. The van der Waals surface area contributed by atoms with E-state index in [1.807, 2.05) is 29.2 Å². The van der Waals surface area contributed by atoms with E-state index in [9.17, 15) is 4.79 Å². The van der Waals surface area contributed by atoms with Crippen molar-refractivity contribution in [1.29, 1.82) is 0 Å². The monoisotopic (exact) mass is 259 g/mol. The van der Waals surface area contributed by atoms with Crippen molar-refractivity contribution in [1.82, 2.24) is 10.2 Å². The normalized spacial score (nSPS) is 19.8. The lowest BCUT2D eigenvalue weighted by Gasteiger charge is -2.35. The molecule has 3 N–H and O–H groups in total. The largest absolute Gasteiger partial charge is 0.463 e. The highest BCUT2D eigenvalue weighted by atomic mass is 16.3. The van der Waals surface area contributed by atoms with Crippen LogP contribution in [0, 0.1) is 0 Å². The van der Waals surface area contributed by atoms with Crippen LogP contribution in [0.2, 0.25) is 0 Å². The molecule has 19 heavy (non-hydrogen) atoms. The molecule has 5 nitrogen and oxygen atoms in total. The Morgan fingerprint density at radius 1 is 1.47 bits per heavy atom. The van der Waals surface area contributed by atoms with Gasteiger partial charge in [0.05, 0.1) is 11.6 Å². The maximum Gasteiger partial charge on any atom is 0.258 e. The van der Waals surface area contributed by atoms with Crippen LogP contribution >= 0.6 is 0 Å². The average Bonchev–Trinajstić information content (AvgIpc) is 2.90. The lowest BCUT2D eigenvalue weighted by atomic mass is 10.1. The summed E-state index contributed by atoms with van der Waals surface area (Å²) in [4.78, 5) is 14.5. The van der Waals surface area contributed by atoms with E-state index in [1.165, 1.54) is 0 Å². The number of amides is 1. The van der Waals surface area contributed by atoms with Crippen LogP contribution < -0.4 is 11.1 Å². The zero-order valence-corrected chi connectivity index (χ0v) is 10.6. The Labute approximate surface area is 111 Å². The highest BCUT2D eigenvalue weighted by molar-refractivity contribution is 6.06. The molecule has 100 valence electrons. The molecule has 3 rings (SSSR count). The van der Waals surface area contributed by atoms with E-state index in [4.69, 9.17) is 10.2 Å². The molecule has 1 fully saturated rings. The number of furan rings is 1. The van der Waals surface area contributed by atoms with Gasteiger partial charge >= 0.3 is 0 Å². The molecule has 1 aliphatic rings. The summed E-state index contributed by atoms with van der Waals surface area (Å²) in [6.07, 6.45) is 1.54. The number of carbonyl (C=O) groups is 1. The molecule has 0 spiro atoms. The second-order valence-corrected chi connectivity index (χ2v) is 4.74. The lowest BCUT2D eigenvalue weighted by Crippen LogP contribution is -2.56. The standard InChI is InChI=1S/C14H17N3O2/c15-7-10-8-16-5-6-17(10)14(18)12-9-19-13-4-2-1-3-11(12)13/h1-4,9-10,16H,5-8,15H2. The second kappa shape index (κ2) is 5.03. The summed E-state index contributed by atoms with van der Waals surface area (Å²) in [5, 5.41) is 4.12. The zero-order valence-electron chi connectivity index (χ0n) is 10.6. The molecule has 1 amide bonds. The van der Waals surface area contributed by atoms with Crippen molar-refractivity contribution in [3.63, 3.8) is 0 Å². The number of carbonyl (C=O) groups excluding carboxylic acids is 1. The van der Waals surface area contributed by atoms with Crippen molar-refractivity contribution in [3.05, 3.63) is 36.1 Å². The predicted molar refractivity (Wildman–Crippen MR) is 73.0 cm³/mol. The van der Waals surface area contributed by atoms with Crippen LogP contribution in [-0.2, 0) is 0 Å². The maximum atomic E-state index is 12.6. The second-order valence-electron chi connectivity index (χ2n) is 4.74. The van der Waals surface area contributed by atoms with E-state index < -0.39 is 0 Å². The summed E-state index contributed by atoms with van der Waals surface area (Å²) in [6.45, 7) is 2.70. The van der Waals surface area contributed by atoms with Gasteiger partial charge < -0.3 is 20.4 Å². The summed E-state index contributed by atoms with van der Waals surface area (Å²) in [5.74, 6) is 0.00176. The van der Waals surface area contributed by atoms with Crippen LogP contribution in [0.15, 0.2) is 34.9 Å². The first-order valence-corrected chi connectivity index (χ1v) is 6.49. The molecule has 1 saturated heterocycles. The van der Waals surface area contributed by atoms with Crippen molar-refractivity contribution in [2.24, 2.45) is 5.73 Å². The Hall–Kier alpha value is -1.85. The molecule has 5 heteroatoms. The number of nitrogens with zero attached hydrogens (tertiary/aromatic N) is 1. The third-order valence-electron chi connectivity index (χ3n) is 3.59. The maximum absolute atomic E-state index is 12.6. The van der Waals surface area contributed by atoms with Gasteiger partial charge in [-0.05, 0) is 6.07 Å². The van der Waals surface area contributed by atoms with Crippen molar-refractivity contribution < 1.29 is 9.21 Å². The molecule has 0 aliphatic carbocycles. The topological polar surface area (TPSA) is 71.5 Å². The fourth-order valence-corrected chi connectivity index (χ4v) is 2.54. The molecule has 2 heterocycles. The Kier molecular flexibility index (Phi) is 3.23. The highest BCUT2D eigenvalue weighted by Crippen LogP contribution is 2.23. The molecular formula is C14H17N3O2. The third-order valence-corrected chi connectivity index (χ3v) is 3.59. The molecule has 1 atom stereocenters. The van der Waals surface area contributed by atoms with Gasteiger partial charge in [-0.2, -0.15) is 0 Å². The minimum Gasteiger partial charge on any atom is -0.463 e. The van der Waals surface area contributed by atoms with Crippen molar-refractivity contribution in [3.8, 4) is 0 Å². The smallest absolute Gasteiger partial charge is 0.258 e. The van der Waals surface area contributed by atoms with Gasteiger partial charge in [0, 0.05) is 31.6 Å². The fourth-order valence-electron chi connectivity index (χ4n) is 2.54. The SMILES string of the molecule is NCC1CNCCN1C(=O)c1coc2ccccc12. The van der Waals surface area contributed by atoms with Crippen molar-refractivity contribution in [2.45, 2.75) is 6.04 Å². The van der Waals surface area contributed by atoms with Gasteiger partial charge in [0.2, 0.25) is 0 Å². The van der Waals surface area contributed by atoms with E-state index in [0.717, 1.165) is 24.1 Å². The Bertz CT molecular complexity index is 593. The number of piperazine rings is 1. The molecule has 0 bridgehead atoms. The minimum atomic E-state index is 0.00176. The summed E-state index contributed by atoms with van der Waals surface area (Å²) < 4.78 is 5.44. The Balaban J connectivity index is 1.94. The van der Waals surface area contributed by atoms with Gasteiger partial charge in [0.25, 0.3) is 5.91 Å². The van der Waals surface area contributed by atoms with Gasteiger partial charge in [0.15, 0.2) is 0 Å². The zero-order chi connectivity index (χ0) is 13.2. The Morgan fingerprint density at radius 3 is 3.16 bits per heavy atom. The van der Waals surface area contributed by atoms with E-state index in [2.05, 4.69) is 5.32 Å². The summed E-state index contributed by atoms with van der Waals surface area (Å²) in [6, 6.07) is 7.63. The lowest BCUT2D eigenvalue weighted by molar-refractivity contribution is 0.0646. The highest BCUT2D eigenvalue weighted by Gasteiger charge is 2.28. The van der Waals surface area contributed by atoms with Crippen LogP contribution in [0.4, 0.5) is 0 Å². The van der Waals surface area contributed by atoms with Crippen LogP contribution in [0.1, 0.15) is 10.4 Å². The number of rotatable bonds is 2. The van der Waals surface area contributed by atoms with E-state index in [1.54, 1.807) is 6.26 Å². The van der Waals surface area contributed by atoms with Crippen LogP contribution in [-0.4, -0.2) is 43.0 Å². The number of nitrogens with one attached hydrogen (secondary N) is 1. The van der Waals surface area contributed by atoms with Crippen molar-refractivity contribution in [2.75, 3.05) is 26.2 Å². The summed E-state index contributed by atoms with van der Waals surface area (Å²) in [5.41, 5.74) is 7.10. The molecular weight excluding hydrogens is 242 g/mol. The molecule has 1 aromatic heterocycles. The minimum absolute atomic E-state index is 0.00176. The van der Waals surface area contributed by atoms with Gasteiger partial charge in [0.1, 0.15) is 11.8 Å². The van der Waals surface area contributed by atoms with Crippen LogP contribution in [0.3, 0.4) is 0 Å². The summed E-state index contributed by atoms with van der Waals surface area (Å²) >= 11 is 0. The Morgan fingerprint density at radius 2 is 2.32 bits per heavy atom. The molecule has 1 aromatic carbocycles. The van der Waals surface area contributed by atoms with Gasteiger partial charge in [-0.3, -0.25) is 4.79 Å². The number of fused-ring (bicyclic) bond motifs is 1. The van der Waals surface area contributed by atoms with Crippen LogP contribution in [0.25, 0.3) is 11.0 Å². The van der Waals surface area contributed by atoms with E-state index >= 15 is 0 Å². The molecule has 0 radical (unpaired) electrons. The number of hydrogen-bond acceptors (Lipinski definition) is 4. The van der Waals surface area contributed by atoms with Crippen molar-refractivity contribution >= 4 is 16.9 Å². The quantitative estimate of drug-likeness (QED) is 0.837. The number of nitrogens with two attached hydrogens (primary N) is 1. The summed E-state index contributed by atoms with van der Waals surface area (Å²) in [7, 11) is 0. The predicted octanol–water partition coefficient (Wildman–Crippen LogP) is 0.806. The van der Waals surface area contributed by atoms with Gasteiger partial charge in [-0.25, -0.2) is 0 Å². The number of benzene rings is 1. The fraction of sp³-hybridized carbons (Fsp3) is 0.357. The van der Waals surface area contributed by atoms with Gasteiger partial charge in [-0.1, -0.05) is 18.2 Å². The molecule has 1 aliphatic heterocycles. The van der Waals surface area contributed by atoms with E-state index in [-0.39, 0.29) is 11.9 Å². The van der Waals surface area contributed by atoms with Gasteiger partial charge in [-0.15, -0.1) is 0 Å². The number of hydrogen-bond donors (Lipinski definition) is 2. The van der Waals surface area contributed by atoms with E-state index in [0.29, 0.717) is 18.7 Å². The number of para-hydroxylation sites is 1. The first kappa shape index (κ1) is 12.2. The van der Waals surface area contributed by atoms with Crippen LogP contribution in [0.5, 0.6) is 0 Å².